The summed E-state index contributed by atoms with van der Waals surface area (Å²) in [6, 6.07) is 10.7. The van der Waals surface area contributed by atoms with Gasteiger partial charge in [0.1, 0.15) is 17.4 Å². The lowest BCUT2D eigenvalue weighted by atomic mass is 9.97. The maximum absolute atomic E-state index is 13.7. The van der Waals surface area contributed by atoms with Gasteiger partial charge in [0.25, 0.3) is 0 Å². The quantitative estimate of drug-likeness (QED) is 0.903. The Morgan fingerprint density at radius 1 is 1.15 bits per heavy atom. The predicted molar refractivity (Wildman–Crippen MR) is 74.9 cm³/mol. The van der Waals surface area contributed by atoms with Crippen LogP contribution in [0.15, 0.2) is 42.5 Å². The Bertz CT molecular complexity index is 586. The van der Waals surface area contributed by atoms with Gasteiger partial charge in [0.05, 0.1) is 7.11 Å². The third-order valence-corrected chi connectivity index (χ3v) is 3.30. The summed E-state index contributed by atoms with van der Waals surface area (Å²) in [6.07, 6.45) is 0.420. The van der Waals surface area contributed by atoms with Crippen LogP contribution >= 0.6 is 0 Å². The van der Waals surface area contributed by atoms with Gasteiger partial charge < -0.3 is 10.1 Å². The number of rotatable bonds is 5. The van der Waals surface area contributed by atoms with Crippen LogP contribution in [0.25, 0.3) is 0 Å². The molecule has 2 nitrogen and oxygen atoms in total. The molecule has 0 spiro atoms. The molecule has 1 atom stereocenters. The molecule has 106 valence electrons. The fraction of sp³-hybridized carbons (Fsp3) is 0.250. The second-order valence-corrected chi connectivity index (χ2v) is 4.52. The molecule has 0 saturated carbocycles. The average molecular weight is 277 g/mol. The standard InChI is InChI=1S/C16H17F2NO/c1-19-15(9-11-5-3-4-6-14(11)18)13-10-12(17)7-8-16(13)20-2/h3-8,10,15,19H,9H2,1-2H3. The molecular formula is C16H17F2NO. The van der Waals surface area contributed by atoms with Crippen molar-refractivity contribution in [2.24, 2.45) is 0 Å². The fourth-order valence-electron chi connectivity index (χ4n) is 2.23. The van der Waals surface area contributed by atoms with Gasteiger partial charge in [-0.05, 0) is 43.3 Å². The van der Waals surface area contributed by atoms with Crippen molar-refractivity contribution in [1.82, 2.24) is 5.32 Å². The second kappa shape index (κ2) is 6.48. The first-order valence-corrected chi connectivity index (χ1v) is 6.39. The van der Waals surface area contributed by atoms with Crippen LogP contribution < -0.4 is 10.1 Å². The van der Waals surface area contributed by atoms with E-state index in [2.05, 4.69) is 5.32 Å². The topological polar surface area (TPSA) is 21.3 Å². The Balaban J connectivity index is 2.33. The minimum absolute atomic E-state index is 0.224. The van der Waals surface area contributed by atoms with E-state index in [1.165, 1.54) is 25.3 Å². The second-order valence-electron chi connectivity index (χ2n) is 4.52. The van der Waals surface area contributed by atoms with Crippen molar-refractivity contribution in [3.63, 3.8) is 0 Å². The zero-order chi connectivity index (χ0) is 14.5. The minimum Gasteiger partial charge on any atom is -0.496 e. The lowest BCUT2D eigenvalue weighted by Crippen LogP contribution is -2.20. The Hall–Kier alpha value is -1.94. The molecule has 20 heavy (non-hydrogen) atoms. The van der Waals surface area contributed by atoms with Crippen LogP contribution in [0.5, 0.6) is 5.75 Å². The molecule has 0 saturated heterocycles. The fourth-order valence-corrected chi connectivity index (χ4v) is 2.23. The highest BCUT2D eigenvalue weighted by Crippen LogP contribution is 2.28. The summed E-state index contributed by atoms with van der Waals surface area (Å²) in [5.41, 5.74) is 1.26. The van der Waals surface area contributed by atoms with Gasteiger partial charge in [-0.15, -0.1) is 0 Å². The minimum atomic E-state index is -0.338. The maximum Gasteiger partial charge on any atom is 0.126 e. The van der Waals surface area contributed by atoms with Crippen molar-refractivity contribution >= 4 is 0 Å². The lowest BCUT2D eigenvalue weighted by Gasteiger charge is -2.20. The van der Waals surface area contributed by atoms with Crippen molar-refractivity contribution in [2.45, 2.75) is 12.5 Å². The molecule has 2 rings (SSSR count). The van der Waals surface area contributed by atoms with Crippen LogP contribution in [0.4, 0.5) is 8.78 Å². The van der Waals surface area contributed by atoms with Crippen molar-refractivity contribution in [1.29, 1.82) is 0 Å². The first kappa shape index (κ1) is 14.5. The first-order valence-electron chi connectivity index (χ1n) is 6.39. The van der Waals surface area contributed by atoms with E-state index in [0.717, 1.165) is 0 Å². The molecule has 0 heterocycles. The van der Waals surface area contributed by atoms with Crippen LogP contribution in [0.2, 0.25) is 0 Å². The van der Waals surface area contributed by atoms with Crippen LogP contribution in [0.1, 0.15) is 17.2 Å². The van der Waals surface area contributed by atoms with E-state index in [1.807, 2.05) is 0 Å². The number of methoxy groups -OCH3 is 1. The number of ether oxygens (including phenoxy) is 1. The molecule has 0 radical (unpaired) electrons. The van der Waals surface area contributed by atoms with E-state index in [1.54, 1.807) is 31.3 Å². The van der Waals surface area contributed by atoms with Gasteiger partial charge in [0.2, 0.25) is 0 Å². The smallest absolute Gasteiger partial charge is 0.126 e. The lowest BCUT2D eigenvalue weighted by molar-refractivity contribution is 0.399. The normalized spacial score (nSPS) is 12.2. The molecule has 0 aliphatic carbocycles. The summed E-state index contributed by atoms with van der Waals surface area (Å²) in [5.74, 6) is -0.0141. The number of likely N-dealkylation sites (N-methyl/N-ethyl adjacent to an activating group) is 1. The molecule has 4 heteroatoms. The Morgan fingerprint density at radius 2 is 1.90 bits per heavy atom. The molecule has 0 aromatic heterocycles. The average Bonchev–Trinajstić information content (AvgIpc) is 2.46. The first-order chi connectivity index (χ1) is 9.65. The zero-order valence-electron chi connectivity index (χ0n) is 11.5. The van der Waals surface area contributed by atoms with Crippen molar-refractivity contribution < 1.29 is 13.5 Å². The van der Waals surface area contributed by atoms with E-state index >= 15 is 0 Å². The van der Waals surface area contributed by atoms with Crippen molar-refractivity contribution in [2.75, 3.05) is 14.2 Å². The highest BCUT2D eigenvalue weighted by molar-refractivity contribution is 5.37. The van der Waals surface area contributed by atoms with Crippen LogP contribution in [-0.2, 0) is 6.42 Å². The van der Waals surface area contributed by atoms with E-state index in [4.69, 9.17) is 4.74 Å². The van der Waals surface area contributed by atoms with Gasteiger partial charge in [0, 0.05) is 11.6 Å². The molecular weight excluding hydrogens is 260 g/mol. The summed E-state index contributed by atoms with van der Waals surface area (Å²) in [4.78, 5) is 0. The van der Waals surface area contributed by atoms with Crippen molar-refractivity contribution in [3.05, 3.63) is 65.2 Å². The molecule has 0 fully saturated rings. The maximum atomic E-state index is 13.7. The van der Waals surface area contributed by atoms with E-state index in [-0.39, 0.29) is 17.7 Å². The monoisotopic (exact) mass is 277 g/mol. The number of hydrogen-bond acceptors (Lipinski definition) is 2. The molecule has 0 amide bonds. The molecule has 0 aliphatic heterocycles. The summed E-state index contributed by atoms with van der Waals surface area (Å²) in [6.45, 7) is 0. The summed E-state index contributed by atoms with van der Waals surface area (Å²) in [5, 5.41) is 3.08. The number of nitrogens with one attached hydrogen (secondary N) is 1. The SMILES string of the molecule is CNC(Cc1ccccc1F)c1cc(F)ccc1OC. The molecule has 2 aromatic carbocycles. The van der Waals surface area contributed by atoms with Gasteiger partial charge in [-0.25, -0.2) is 8.78 Å². The summed E-state index contributed by atoms with van der Waals surface area (Å²) < 4.78 is 32.4. The summed E-state index contributed by atoms with van der Waals surface area (Å²) in [7, 11) is 3.29. The number of benzene rings is 2. The van der Waals surface area contributed by atoms with Crippen LogP contribution in [0.3, 0.4) is 0 Å². The Morgan fingerprint density at radius 3 is 2.55 bits per heavy atom. The van der Waals surface area contributed by atoms with E-state index < -0.39 is 0 Å². The van der Waals surface area contributed by atoms with Crippen LogP contribution in [0, 0.1) is 11.6 Å². The molecule has 1 N–H and O–H groups in total. The van der Waals surface area contributed by atoms with E-state index in [9.17, 15) is 8.78 Å². The Labute approximate surface area is 117 Å². The summed E-state index contributed by atoms with van der Waals surface area (Å²) >= 11 is 0. The zero-order valence-corrected chi connectivity index (χ0v) is 11.5. The Kier molecular flexibility index (Phi) is 4.69. The predicted octanol–water partition coefficient (Wildman–Crippen LogP) is 3.48. The highest BCUT2D eigenvalue weighted by atomic mass is 19.1. The van der Waals surface area contributed by atoms with Gasteiger partial charge in [-0.3, -0.25) is 0 Å². The third kappa shape index (κ3) is 3.14. The number of hydrogen-bond donors (Lipinski definition) is 1. The molecule has 0 aliphatic rings. The third-order valence-electron chi connectivity index (χ3n) is 3.30. The van der Waals surface area contributed by atoms with Gasteiger partial charge in [0.15, 0.2) is 0 Å². The van der Waals surface area contributed by atoms with Crippen molar-refractivity contribution in [3.8, 4) is 5.75 Å². The van der Waals surface area contributed by atoms with Gasteiger partial charge >= 0.3 is 0 Å². The van der Waals surface area contributed by atoms with Gasteiger partial charge in [-0.2, -0.15) is 0 Å². The molecule has 2 aromatic rings. The molecule has 1 unspecified atom stereocenters. The largest absolute Gasteiger partial charge is 0.496 e. The van der Waals surface area contributed by atoms with Gasteiger partial charge in [-0.1, -0.05) is 18.2 Å². The highest BCUT2D eigenvalue weighted by Gasteiger charge is 2.17. The van der Waals surface area contributed by atoms with E-state index in [0.29, 0.717) is 23.3 Å². The molecule has 0 bridgehead atoms. The van der Waals surface area contributed by atoms with Crippen LogP contribution in [-0.4, -0.2) is 14.2 Å². The number of halogens is 2.